The number of hydrogen-bond acceptors (Lipinski definition) is 3. The highest BCUT2D eigenvalue weighted by atomic mass is 19.4. The molecule has 2 N–H and O–H groups in total. The predicted molar refractivity (Wildman–Crippen MR) is 65.5 cm³/mol. The maximum atomic E-state index is 12.2. The van der Waals surface area contributed by atoms with Gasteiger partial charge >= 0.3 is 6.36 Å². The number of ether oxygens (including phenoxy) is 1. The van der Waals surface area contributed by atoms with Gasteiger partial charge in [-0.15, -0.1) is 13.2 Å². The first-order chi connectivity index (χ1) is 8.85. The molecule has 2 aromatic rings. The van der Waals surface area contributed by atoms with Crippen LogP contribution in [0.15, 0.2) is 36.5 Å². The average Bonchev–Trinajstić information content (AvgIpc) is 2.31. The SMILES string of the molecule is Cc1ccc(-c2cc(OC(F)(F)F)ccc2N)cn1. The number of halogens is 3. The summed E-state index contributed by atoms with van der Waals surface area (Å²) in [7, 11) is 0. The van der Waals surface area contributed by atoms with E-state index in [4.69, 9.17) is 5.73 Å². The minimum atomic E-state index is -4.72. The summed E-state index contributed by atoms with van der Waals surface area (Å²) in [4.78, 5) is 4.08. The van der Waals surface area contributed by atoms with Crippen LogP contribution in [0.4, 0.5) is 18.9 Å². The number of rotatable bonds is 2. The number of anilines is 1. The van der Waals surface area contributed by atoms with Gasteiger partial charge in [0.1, 0.15) is 5.75 Å². The van der Waals surface area contributed by atoms with Crippen LogP contribution in [0.1, 0.15) is 5.69 Å². The molecular weight excluding hydrogens is 257 g/mol. The van der Waals surface area contributed by atoms with E-state index >= 15 is 0 Å². The van der Waals surface area contributed by atoms with Crippen LogP contribution in [-0.2, 0) is 0 Å². The van der Waals surface area contributed by atoms with E-state index in [1.807, 2.05) is 6.92 Å². The second kappa shape index (κ2) is 4.79. The number of pyridine rings is 1. The van der Waals surface area contributed by atoms with Gasteiger partial charge in [-0.2, -0.15) is 0 Å². The highest BCUT2D eigenvalue weighted by Crippen LogP contribution is 2.32. The Morgan fingerprint density at radius 3 is 2.47 bits per heavy atom. The third-order valence-electron chi connectivity index (χ3n) is 2.48. The van der Waals surface area contributed by atoms with Crippen molar-refractivity contribution in [2.75, 3.05) is 5.73 Å². The van der Waals surface area contributed by atoms with E-state index in [-0.39, 0.29) is 5.75 Å². The topological polar surface area (TPSA) is 48.1 Å². The summed E-state index contributed by atoms with van der Waals surface area (Å²) >= 11 is 0. The van der Waals surface area contributed by atoms with Gasteiger partial charge in [0.2, 0.25) is 0 Å². The molecule has 0 saturated carbocycles. The molecule has 6 heteroatoms. The zero-order valence-corrected chi connectivity index (χ0v) is 10.0. The fourth-order valence-corrected chi connectivity index (χ4v) is 1.61. The molecule has 1 aromatic carbocycles. The molecule has 0 bridgehead atoms. The maximum Gasteiger partial charge on any atom is 0.573 e. The molecule has 0 radical (unpaired) electrons. The molecular formula is C13H11F3N2O. The summed E-state index contributed by atoms with van der Waals surface area (Å²) in [5.74, 6) is -0.308. The van der Waals surface area contributed by atoms with Crippen molar-refractivity contribution in [2.45, 2.75) is 13.3 Å². The van der Waals surface area contributed by atoms with Crippen molar-refractivity contribution >= 4 is 5.69 Å². The molecule has 0 amide bonds. The van der Waals surface area contributed by atoms with E-state index in [0.29, 0.717) is 16.8 Å². The van der Waals surface area contributed by atoms with Crippen molar-refractivity contribution in [3.63, 3.8) is 0 Å². The summed E-state index contributed by atoms with van der Waals surface area (Å²) in [6.07, 6.45) is -3.17. The standard InChI is InChI=1S/C13H11F3N2O/c1-8-2-3-9(7-18-8)11-6-10(4-5-12(11)17)19-13(14,15)16/h2-7H,17H2,1H3. The van der Waals surface area contributed by atoms with Gasteiger partial charge in [-0.3, -0.25) is 4.98 Å². The molecule has 0 unspecified atom stereocenters. The third kappa shape index (κ3) is 3.37. The van der Waals surface area contributed by atoms with Gasteiger partial charge in [-0.1, -0.05) is 6.07 Å². The number of hydrogen-bond donors (Lipinski definition) is 1. The molecule has 0 spiro atoms. The van der Waals surface area contributed by atoms with E-state index in [9.17, 15) is 13.2 Å². The highest BCUT2D eigenvalue weighted by molar-refractivity contribution is 5.77. The second-order valence-corrected chi connectivity index (χ2v) is 3.99. The number of benzene rings is 1. The van der Waals surface area contributed by atoms with Crippen molar-refractivity contribution in [3.05, 3.63) is 42.2 Å². The molecule has 100 valence electrons. The summed E-state index contributed by atoms with van der Waals surface area (Å²) in [5.41, 5.74) is 8.02. The van der Waals surface area contributed by atoms with E-state index in [1.54, 1.807) is 18.3 Å². The molecule has 0 aliphatic rings. The monoisotopic (exact) mass is 268 g/mol. The Labute approximate surface area is 107 Å². The van der Waals surface area contributed by atoms with Gasteiger partial charge in [0.15, 0.2) is 0 Å². The first-order valence-corrected chi connectivity index (χ1v) is 5.43. The minimum absolute atomic E-state index is 0.308. The lowest BCUT2D eigenvalue weighted by atomic mass is 10.1. The van der Waals surface area contributed by atoms with Gasteiger partial charge in [0.25, 0.3) is 0 Å². The fraction of sp³-hybridized carbons (Fsp3) is 0.154. The zero-order valence-electron chi connectivity index (χ0n) is 10.0. The summed E-state index contributed by atoms with van der Waals surface area (Å²) in [5, 5.41) is 0. The lowest BCUT2D eigenvalue weighted by Crippen LogP contribution is -2.17. The summed E-state index contributed by atoms with van der Waals surface area (Å²) in [6.45, 7) is 1.82. The molecule has 0 fully saturated rings. The van der Waals surface area contributed by atoms with Crippen molar-refractivity contribution in [1.29, 1.82) is 0 Å². The number of nitrogens with zero attached hydrogens (tertiary/aromatic N) is 1. The first kappa shape index (κ1) is 13.2. The molecule has 1 aromatic heterocycles. The van der Waals surface area contributed by atoms with Crippen LogP contribution in [0.3, 0.4) is 0 Å². The molecule has 0 saturated heterocycles. The quantitative estimate of drug-likeness (QED) is 0.847. The van der Waals surface area contributed by atoms with Crippen LogP contribution in [-0.4, -0.2) is 11.3 Å². The van der Waals surface area contributed by atoms with Crippen molar-refractivity contribution < 1.29 is 17.9 Å². The number of nitrogen functional groups attached to an aromatic ring is 1. The van der Waals surface area contributed by atoms with E-state index < -0.39 is 6.36 Å². The Bertz CT molecular complexity index is 579. The molecule has 0 aliphatic carbocycles. The van der Waals surface area contributed by atoms with Crippen LogP contribution < -0.4 is 10.5 Å². The Balaban J connectivity index is 2.39. The Kier molecular flexibility index (Phi) is 3.33. The van der Waals surface area contributed by atoms with Crippen molar-refractivity contribution in [3.8, 4) is 16.9 Å². The fourth-order valence-electron chi connectivity index (χ4n) is 1.61. The van der Waals surface area contributed by atoms with Gasteiger partial charge < -0.3 is 10.5 Å². The average molecular weight is 268 g/mol. The summed E-state index contributed by atoms with van der Waals surface area (Å²) < 4.78 is 40.4. The Morgan fingerprint density at radius 1 is 1.16 bits per heavy atom. The Morgan fingerprint density at radius 2 is 1.89 bits per heavy atom. The van der Waals surface area contributed by atoms with E-state index in [1.165, 1.54) is 18.2 Å². The van der Waals surface area contributed by atoms with Crippen LogP contribution >= 0.6 is 0 Å². The smallest absolute Gasteiger partial charge is 0.406 e. The van der Waals surface area contributed by atoms with Gasteiger partial charge in [0.05, 0.1) is 0 Å². The molecule has 0 aliphatic heterocycles. The van der Waals surface area contributed by atoms with E-state index in [2.05, 4.69) is 9.72 Å². The van der Waals surface area contributed by atoms with Crippen LogP contribution in [0.5, 0.6) is 5.75 Å². The van der Waals surface area contributed by atoms with Gasteiger partial charge in [0, 0.05) is 28.7 Å². The third-order valence-corrected chi connectivity index (χ3v) is 2.48. The summed E-state index contributed by atoms with van der Waals surface area (Å²) in [6, 6.07) is 7.29. The van der Waals surface area contributed by atoms with Crippen LogP contribution in [0.25, 0.3) is 11.1 Å². The normalized spacial score (nSPS) is 11.4. The van der Waals surface area contributed by atoms with Gasteiger partial charge in [-0.05, 0) is 31.2 Å². The zero-order chi connectivity index (χ0) is 14.0. The molecule has 2 rings (SSSR count). The van der Waals surface area contributed by atoms with Crippen LogP contribution in [0.2, 0.25) is 0 Å². The van der Waals surface area contributed by atoms with Crippen molar-refractivity contribution in [1.82, 2.24) is 4.98 Å². The lowest BCUT2D eigenvalue weighted by molar-refractivity contribution is -0.274. The molecule has 19 heavy (non-hydrogen) atoms. The van der Waals surface area contributed by atoms with Gasteiger partial charge in [-0.25, -0.2) is 0 Å². The first-order valence-electron chi connectivity index (χ1n) is 5.43. The van der Waals surface area contributed by atoms with E-state index in [0.717, 1.165) is 5.69 Å². The number of nitrogens with two attached hydrogens (primary N) is 1. The largest absolute Gasteiger partial charge is 0.573 e. The number of aromatic nitrogens is 1. The van der Waals surface area contributed by atoms with Crippen molar-refractivity contribution in [2.24, 2.45) is 0 Å². The Hall–Kier alpha value is -2.24. The lowest BCUT2D eigenvalue weighted by Gasteiger charge is -2.12. The van der Waals surface area contributed by atoms with Crippen LogP contribution in [0, 0.1) is 6.92 Å². The molecule has 1 heterocycles. The maximum absolute atomic E-state index is 12.2. The number of aryl methyl sites for hydroxylation is 1. The predicted octanol–water partition coefficient (Wildman–Crippen LogP) is 3.54. The highest BCUT2D eigenvalue weighted by Gasteiger charge is 2.31. The molecule has 3 nitrogen and oxygen atoms in total. The minimum Gasteiger partial charge on any atom is -0.406 e. The number of alkyl halides is 3. The second-order valence-electron chi connectivity index (χ2n) is 3.99. The molecule has 0 atom stereocenters.